The van der Waals surface area contributed by atoms with E-state index >= 15 is 0 Å². The number of aromatic nitrogens is 3. The lowest BCUT2D eigenvalue weighted by molar-refractivity contribution is -0.126. The highest BCUT2D eigenvalue weighted by Gasteiger charge is 2.16. The summed E-state index contributed by atoms with van der Waals surface area (Å²) in [5.74, 6) is 0.829. The molecule has 1 amide bonds. The van der Waals surface area contributed by atoms with E-state index in [9.17, 15) is 4.79 Å². The van der Waals surface area contributed by atoms with Crippen LogP contribution in [0, 0.1) is 0 Å². The van der Waals surface area contributed by atoms with Gasteiger partial charge in [-0.3, -0.25) is 4.79 Å². The van der Waals surface area contributed by atoms with Gasteiger partial charge in [-0.05, 0) is 36.8 Å². The molecule has 0 fully saturated rings. The van der Waals surface area contributed by atoms with Crippen molar-refractivity contribution in [3.05, 3.63) is 84.1 Å². The van der Waals surface area contributed by atoms with Crippen LogP contribution in [-0.2, 0) is 11.2 Å². The van der Waals surface area contributed by atoms with Crippen LogP contribution in [0.25, 0.3) is 22.7 Å². The Bertz CT molecular complexity index is 1170. The van der Waals surface area contributed by atoms with Gasteiger partial charge in [-0.1, -0.05) is 37.3 Å². The number of carbonyl (C=O) groups excluding carboxylic acids is 1. The summed E-state index contributed by atoms with van der Waals surface area (Å²) >= 11 is 0. The first-order valence-corrected chi connectivity index (χ1v) is 9.98. The number of benzene rings is 2. The quantitative estimate of drug-likeness (QED) is 0.436. The highest BCUT2D eigenvalue weighted by atomic mass is 16.3. The van der Waals surface area contributed by atoms with Crippen molar-refractivity contribution < 1.29 is 9.21 Å². The Morgan fingerprint density at radius 1 is 1.20 bits per heavy atom. The summed E-state index contributed by atoms with van der Waals surface area (Å²) < 4.78 is 7.61. The van der Waals surface area contributed by atoms with Crippen molar-refractivity contribution in [2.75, 3.05) is 7.05 Å². The molecular formula is C24H24N4O2. The molecular weight excluding hydrogens is 376 g/mol. The molecule has 0 saturated carbocycles. The van der Waals surface area contributed by atoms with Crippen LogP contribution in [0.2, 0.25) is 0 Å². The maximum Gasteiger partial charge on any atom is 0.246 e. The summed E-state index contributed by atoms with van der Waals surface area (Å²) in [5, 5.41) is 5.16. The number of likely N-dealkylation sites (N-methyl/N-ethyl adjacent to an activating group) is 1. The van der Waals surface area contributed by atoms with E-state index in [4.69, 9.17) is 4.42 Å². The van der Waals surface area contributed by atoms with Crippen molar-refractivity contribution in [3.63, 3.8) is 0 Å². The Hall–Kier alpha value is -3.67. The molecule has 0 bridgehead atoms. The molecule has 0 aliphatic rings. The minimum Gasteiger partial charge on any atom is -0.460 e. The number of nitrogens with zero attached hydrogens (tertiary/aromatic N) is 4. The fourth-order valence-corrected chi connectivity index (χ4v) is 3.50. The number of amides is 1. The summed E-state index contributed by atoms with van der Waals surface area (Å²) in [6.45, 7) is 4.06. The molecule has 0 aliphatic heterocycles. The maximum atomic E-state index is 12.8. The fourth-order valence-electron chi connectivity index (χ4n) is 3.50. The summed E-state index contributed by atoms with van der Waals surface area (Å²) in [5.41, 5.74) is 3.79. The van der Waals surface area contributed by atoms with Crippen LogP contribution in [0.4, 0.5) is 0 Å². The number of rotatable bonds is 6. The van der Waals surface area contributed by atoms with Crippen LogP contribution in [0.3, 0.4) is 0 Å². The first-order valence-electron chi connectivity index (χ1n) is 9.98. The standard InChI is InChI=1S/C24H24N4O2/c1-4-22-21(20-7-5-6-8-23(20)30-22)13-14-24(29)27(3)17(2)18-9-11-19(12-10-18)28-16-25-15-26-28/h5-17H,4H2,1-3H3/b14-13+/t17-/m0/s1. The number of aryl methyl sites for hydroxylation is 1. The minimum atomic E-state index is -0.0707. The molecule has 1 atom stereocenters. The molecule has 0 radical (unpaired) electrons. The molecule has 0 aliphatic carbocycles. The predicted octanol–water partition coefficient (Wildman–Crippen LogP) is 4.81. The number of hydrogen-bond acceptors (Lipinski definition) is 4. The molecule has 0 spiro atoms. The Labute approximate surface area is 175 Å². The molecule has 2 aromatic carbocycles. The molecule has 2 aromatic heterocycles. The first-order chi connectivity index (χ1) is 14.6. The van der Waals surface area contributed by atoms with Crippen LogP contribution in [0.15, 0.2) is 71.7 Å². The third-order valence-corrected chi connectivity index (χ3v) is 5.41. The molecule has 0 saturated heterocycles. The van der Waals surface area contributed by atoms with Gasteiger partial charge in [0.2, 0.25) is 5.91 Å². The molecule has 6 heteroatoms. The van der Waals surface area contributed by atoms with E-state index in [0.717, 1.165) is 40.0 Å². The highest BCUT2D eigenvalue weighted by molar-refractivity contribution is 5.96. The predicted molar refractivity (Wildman–Crippen MR) is 117 cm³/mol. The monoisotopic (exact) mass is 400 g/mol. The van der Waals surface area contributed by atoms with E-state index in [-0.39, 0.29) is 11.9 Å². The van der Waals surface area contributed by atoms with E-state index in [1.807, 2.05) is 75.5 Å². The van der Waals surface area contributed by atoms with Crippen molar-refractivity contribution in [2.24, 2.45) is 0 Å². The molecule has 30 heavy (non-hydrogen) atoms. The third-order valence-electron chi connectivity index (χ3n) is 5.41. The Morgan fingerprint density at radius 2 is 1.97 bits per heavy atom. The first kappa shape index (κ1) is 19.6. The minimum absolute atomic E-state index is 0.0600. The van der Waals surface area contributed by atoms with Gasteiger partial charge in [-0.15, -0.1) is 0 Å². The second-order valence-corrected chi connectivity index (χ2v) is 7.18. The van der Waals surface area contributed by atoms with Gasteiger partial charge in [-0.25, -0.2) is 9.67 Å². The van der Waals surface area contributed by atoms with Gasteiger partial charge in [0.1, 0.15) is 24.0 Å². The Kier molecular flexibility index (Phi) is 5.48. The Balaban J connectivity index is 1.51. The van der Waals surface area contributed by atoms with Crippen LogP contribution in [0.1, 0.15) is 36.8 Å². The Morgan fingerprint density at radius 3 is 2.67 bits per heavy atom. The van der Waals surface area contributed by atoms with Crippen LogP contribution in [-0.4, -0.2) is 32.6 Å². The zero-order valence-electron chi connectivity index (χ0n) is 17.3. The summed E-state index contributed by atoms with van der Waals surface area (Å²) in [6.07, 6.45) is 7.42. The third kappa shape index (κ3) is 3.76. The zero-order valence-corrected chi connectivity index (χ0v) is 17.3. The molecule has 0 unspecified atom stereocenters. The van der Waals surface area contributed by atoms with E-state index in [1.165, 1.54) is 6.33 Å². The SMILES string of the molecule is CCc1oc2ccccc2c1/C=C/C(=O)N(C)[C@@H](C)c1ccc(-n2cncn2)cc1. The molecule has 0 N–H and O–H groups in total. The average Bonchev–Trinajstić information content (AvgIpc) is 3.44. The maximum absolute atomic E-state index is 12.8. The lowest BCUT2D eigenvalue weighted by Crippen LogP contribution is -2.28. The molecule has 4 aromatic rings. The number of furan rings is 1. The number of carbonyl (C=O) groups is 1. The number of fused-ring (bicyclic) bond motifs is 1. The van der Waals surface area contributed by atoms with E-state index < -0.39 is 0 Å². The van der Waals surface area contributed by atoms with Gasteiger partial charge in [0.05, 0.1) is 11.7 Å². The number of para-hydroxylation sites is 1. The van der Waals surface area contributed by atoms with Crippen LogP contribution >= 0.6 is 0 Å². The topological polar surface area (TPSA) is 64.2 Å². The van der Waals surface area contributed by atoms with Crippen molar-refractivity contribution in [2.45, 2.75) is 26.3 Å². The van der Waals surface area contributed by atoms with Crippen LogP contribution in [0.5, 0.6) is 0 Å². The highest BCUT2D eigenvalue weighted by Crippen LogP contribution is 2.28. The lowest BCUT2D eigenvalue weighted by atomic mass is 10.1. The average molecular weight is 400 g/mol. The fraction of sp³-hybridized carbons (Fsp3) is 0.208. The van der Waals surface area contributed by atoms with Crippen molar-refractivity contribution in [3.8, 4) is 5.69 Å². The van der Waals surface area contributed by atoms with Gasteiger partial charge in [0.15, 0.2) is 0 Å². The van der Waals surface area contributed by atoms with Gasteiger partial charge < -0.3 is 9.32 Å². The summed E-state index contributed by atoms with van der Waals surface area (Å²) in [7, 11) is 1.82. The molecule has 6 nitrogen and oxygen atoms in total. The van der Waals surface area contributed by atoms with E-state index in [0.29, 0.717) is 0 Å². The summed E-state index contributed by atoms with van der Waals surface area (Å²) in [6, 6.07) is 15.8. The van der Waals surface area contributed by atoms with Gasteiger partial charge in [0, 0.05) is 30.5 Å². The second kappa shape index (κ2) is 8.37. The van der Waals surface area contributed by atoms with Gasteiger partial charge in [-0.2, -0.15) is 5.10 Å². The van der Waals surface area contributed by atoms with Gasteiger partial charge >= 0.3 is 0 Å². The molecule has 2 heterocycles. The van der Waals surface area contributed by atoms with Crippen molar-refractivity contribution in [1.82, 2.24) is 19.7 Å². The lowest BCUT2D eigenvalue weighted by Gasteiger charge is -2.24. The summed E-state index contributed by atoms with van der Waals surface area (Å²) in [4.78, 5) is 18.5. The van der Waals surface area contributed by atoms with Crippen molar-refractivity contribution in [1.29, 1.82) is 0 Å². The smallest absolute Gasteiger partial charge is 0.246 e. The molecule has 152 valence electrons. The van der Waals surface area contributed by atoms with E-state index in [2.05, 4.69) is 10.1 Å². The zero-order chi connectivity index (χ0) is 21.1. The van der Waals surface area contributed by atoms with Crippen molar-refractivity contribution >= 4 is 23.0 Å². The second-order valence-electron chi connectivity index (χ2n) is 7.18. The normalized spacial score (nSPS) is 12.5. The van der Waals surface area contributed by atoms with Crippen LogP contribution < -0.4 is 0 Å². The molecule has 4 rings (SSSR count). The van der Waals surface area contributed by atoms with Gasteiger partial charge in [0.25, 0.3) is 0 Å². The number of hydrogen-bond donors (Lipinski definition) is 0. The van der Waals surface area contributed by atoms with E-state index in [1.54, 1.807) is 22.0 Å². The largest absolute Gasteiger partial charge is 0.460 e.